The Bertz CT molecular complexity index is 405. The molecule has 0 aliphatic rings. The normalized spacial score (nSPS) is 12.4. The lowest BCUT2D eigenvalue weighted by Crippen LogP contribution is -2.15. The highest BCUT2D eigenvalue weighted by atomic mass is 16.5. The first kappa shape index (κ1) is 16.9. The molecule has 1 rings (SSSR count). The summed E-state index contributed by atoms with van der Waals surface area (Å²) in [5.74, 6) is 1.65. The van der Waals surface area contributed by atoms with E-state index in [1.807, 2.05) is 0 Å². The lowest BCUT2D eigenvalue weighted by molar-refractivity contribution is 0.349. The van der Waals surface area contributed by atoms with Gasteiger partial charge in [0, 0.05) is 0 Å². The van der Waals surface area contributed by atoms with E-state index in [-0.39, 0.29) is 10.8 Å². The van der Waals surface area contributed by atoms with Gasteiger partial charge in [-0.15, -0.1) is 0 Å². The summed E-state index contributed by atoms with van der Waals surface area (Å²) < 4.78 is 10.9. The average molecular weight is 278 g/mol. The van der Waals surface area contributed by atoms with Gasteiger partial charge in [0.2, 0.25) is 0 Å². The molecule has 0 saturated carbocycles. The fourth-order valence-corrected chi connectivity index (χ4v) is 2.44. The Kier molecular flexibility index (Phi) is 5.12. The van der Waals surface area contributed by atoms with Crippen LogP contribution in [0.25, 0.3) is 0 Å². The number of rotatable bonds is 4. The van der Waals surface area contributed by atoms with Crippen molar-refractivity contribution < 1.29 is 9.47 Å². The standard InChI is InChI=1S/C18H30O2/c1-17(2,3)11-13-9-15(19-7)16(20-8)10-14(13)12-18(4,5)6/h9-10H,11-12H2,1-8H3. The average Bonchev–Trinajstić information content (AvgIpc) is 2.27. The molecule has 0 N–H and O–H groups in total. The van der Waals surface area contributed by atoms with E-state index in [0.717, 1.165) is 24.3 Å². The van der Waals surface area contributed by atoms with E-state index in [2.05, 4.69) is 53.7 Å². The summed E-state index contributed by atoms with van der Waals surface area (Å²) in [5.41, 5.74) is 3.24. The molecule has 0 heterocycles. The van der Waals surface area contributed by atoms with Crippen molar-refractivity contribution in [3.8, 4) is 11.5 Å². The molecule has 0 atom stereocenters. The largest absolute Gasteiger partial charge is 0.493 e. The number of benzene rings is 1. The van der Waals surface area contributed by atoms with Crippen LogP contribution in [0.15, 0.2) is 12.1 Å². The van der Waals surface area contributed by atoms with Crippen molar-refractivity contribution in [3.63, 3.8) is 0 Å². The van der Waals surface area contributed by atoms with Gasteiger partial charge in [-0.1, -0.05) is 41.5 Å². The van der Waals surface area contributed by atoms with E-state index < -0.39 is 0 Å². The molecule has 0 saturated heterocycles. The summed E-state index contributed by atoms with van der Waals surface area (Å²) >= 11 is 0. The summed E-state index contributed by atoms with van der Waals surface area (Å²) in [5, 5.41) is 0. The molecular formula is C18H30O2. The van der Waals surface area contributed by atoms with Crippen LogP contribution >= 0.6 is 0 Å². The highest BCUT2D eigenvalue weighted by Gasteiger charge is 2.20. The van der Waals surface area contributed by atoms with Gasteiger partial charge in [-0.25, -0.2) is 0 Å². The molecule has 0 bridgehead atoms. The minimum absolute atomic E-state index is 0.256. The lowest BCUT2D eigenvalue weighted by Gasteiger charge is -2.25. The summed E-state index contributed by atoms with van der Waals surface area (Å²) in [6.45, 7) is 13.6. The molecule has 0 amide bonds. The van der Waals surface area contributed by atoms with Crippen LogP contribution in [0.3, 0.4) is 0 Å². The van der Waals surface area contributed by atoms with Crippen LogP contribution in [-0.2, 0) is 12.8 Å². The van der Waals surface area contributed by atoms with E-state index in [1.54, 1.807) is 14.2 Å². The molecular weight excluding hydrogens is 248 g/mol. The van der Waals surface area contributed by atoms with Gasteiger partial charge in [0.15, 0.2) is 11.5 Å². The van der Waals surface area contributed by atoms with Crippen LogP contribution in [0.2, 0.25) is 0 Å². The van der Waals surface area contributed by atoms with E-state index in [0.29, 0.717) is 0 Å². The second kappa shape index (κ2) is 6.07. The molecule has 0 spiro atoms. The Morgan fingerprint density at radius 2 is 1.00 bits per heavy atom. The van der Waals surface area contributed by atoms with Crippen molar-refractivity contribution >= 4 is 0 Å². The van der Waals surface area contributed by atoms with Crippen molar-refractivity contribution in [2.24, 2.45) is 10.8 Å². The van der Waals surface area contributed by atoms with Gasteiger partial charge in [-0.2, -0.15) is 0 Å². The summed E-state index contributed by atoms with van der Waals surface area (Å²) in [4.78, 5) is 0. The fraction of sp³-hybridized carbons (Fsp3) is 0.667. The van der Waals surface area contributed by atoms with Crippen LogP contribution in [-0.4, -0.2) is 14.2 Å². The molecule has 1 aromatic carbocycles. The smallest absolute Gasteiger partial charge is 0.161 e. The van der Waals surface area contributed by atoms with Crippen LogP contribution in [0.4, 0.5) is 0 Å². The van der Waals surface area contributed by atoms with Gasteiger partial charge >= 0.3 is 0 Å². The maximum Gasteiger partial charge on any atom is 0.161 e. The quantitative estimate of drug-likeness (QED) is 0.781. The molecule has 1 aromatic rings. The van der Waals surface area contributed by atoms with Crippen molar-refractivity contribution in [1.29, 1.82) is 0 Å². The van der Waals surface area contributed by atoms with Gasteiger partial charge < -0.3 is 9.47 Å². The first-order chi connectivity index (χ1) is 9.05. The Labute approximate surface area is 124 Å². The van der Waals surface area contributed by atoms with E-state index in [1.165, 1.54) is 11.1 Å². The maximum atomic E-state index is 5.45. The maximum absolute atomic E-state index is 5.45. The number of hydrogen-bond donors (Lipinski definition) is 0. The highest BCUT2D eigenvalue weighted by Crippen LogP contribution is 2.36. The molecule has 0 fully saturated rings. The van der Waals surface area contributed by atoms with Gasteiger partial charge in [0.1, 0.15) is 0 Å². The molecule has 114 valence electrons. The minimum atomic E-state index is 0.256. The second-order valence-electron chi connectivity index (χ2n) is 7.95. The van der Waals surface area contributed by atoms with Gasteiger partial charge in [-0.3, -0.25) is 0 Å². The first-order valence-corrected chi connectivity index (χ1v) is 7.29. The van der Waals surface area contributed by atoms with E-state index in [9.17, 15) is 0 Å². The van der Waals surface area contributed by atoms with Gasteiger partial charge in [-0.05, 0) is 46.9 Å². The molecule has 0 aliphatic heterocycles. The van der Waals surface area contributed by atoms with Crippen LogP contribution < -0.4 is 9.47 Å². The molecule has 20 heavy (non-hydrogen) atoms. The number of ether oxygens (including phenoxy) is 2. The van der Waals surface area contributed by atoms with Crippen LogP contribution in [0.1, 0.15) is 52.7 Å². The minimum Gasteiger partial charge on any atom is -0.493 e. The third-order valence-electron chi connectivity index (χ3n) is 3.15. The monoisotopic (exact) mass is 278 g/mol. The summed E-state index contributed by atoms with van der Waals surface area (Å²) in [6, 6.07) is 4.29. The Hall–Kier alpha value is -1.18. The van der Waals surface area contributed by atoms with Crippen molar-refractivity contribution in [2.45, 2.75) is 54.4 Å². The zero-order valence-electron chi connectivity index (χ0n) is 14.4. The number of hydrogen-bond acceptors (Lipinski definition) is 2. The Balaban J connectivity index is 3.29. The molecule has 0 radical (unpaired) electrons. The van der Waals surface area contributed by atoms with Crippen LogP contribution in [0, 0.1) is 10.8 Å². The molecule has 0 aliphatic carbocycles. The Morgan fingerprint density at radius 1 is 0.700 bits per heavy atom. The van der Waals surface area contributed by atoms with E-state index >= 15 is 0 Å². The fourth-order valence-electron chi connectivity index (χ4n) is 2.44. The predicted molar refractivity (Wildman–Crippen MR) is 85.9 cm³/mol. The van der Waals surface area contributed by atoms with Crippen molar-refractivity contribution in [1.82, 2.24) is 0 Å². The SMILES string of the molecule is COc1cc(CC(C)(C)C)c(CC(C)(C)C)cc1OC. The zero-order chi connectivity index (χ0) is 15.6. The summed E-state index contributed by atoms with van der Waals surface area (Å²) in [6.07, 6.45) is 2.08. The topological polar surface area (TPSA) is 18.5 Å². The Morgan fingerprint density at radius 3 is 1.20 bits per heavy atom. The predicted octanol–water partition coefficient (Wildman–Crippen LogP) is 4.88. The highest BCUT2D eigenvalue weighted by molar-refractivity contribution is 5.48. The first-order valence-electron chi connectivity index (χ1n) is 7.29. The molecule has 2 nitrogen and oxygen atoms in total. The zero-order valence-corrected chi connectivity index (χ0v) is 14.4. The summed E-state index contributed by atoms with van der Waals surface area (Å²) in [7, 11) is 3.39. The van der Waals surface area contributed by atoms with Crippen molar-refractivity contribution in [2.75, 3.05) is 14.2 Å². The van der Waals surface area contributed by atoms with Crippen molar-refractivity contribution in [3.05, 3.63) is 23.3 Å². The second-order valence-corrected chi connectivity index (χ2v) is 7.95. The van der Waals surface area contributed by atoms with Gasteiger partial charge in [0.05, 0.1) is 14.2 Å². The molecule has 0 aromatic heterocycles. The molecule has 0 unspecified atom stereocenters. The van der Waals surface area contributed by atoms with E-state index in [4.69, 9.17) is 9.47 Å². The number of methoxy groups -OCH3 is 2. The van der Waals surface area contributed by atoms with Gasteiger partial charge in [0.25, 0.3) is 0 Å². The third kappa shape index (κ3) is 5.07. The third-order valence-corrected chi connectivity index (χ3v) is 3.15. The van der Waals surface area contributed by atoms with Crippen LogP contribution in [0.5, 0.6) is 11.5 Å². The lowest BCUT2D eigenvalue weighted by atomic mass is 9.81. The molecule has 2 heteroatoms.